The summed E-state index contributed by atoms with van der Waals surface area (Å²) < 4.78 is 47.1. The molecule has 0 radical (unpaired) electrons. The summed E-state index contributed by atoms with van der Waals surface area (Å²) in [6, 6.07) is 17.2. The van der Waals surface area contributed by atoms with Gasteiger partial charge in [-0.1, -0.05) is 37.3 Å². The van der Waals surface area contributed by atoms with Crippen molar-refractivity contribution in [3.05, 3.63) is 100 Å². The highest BCUT2D eigenvalue weighted by Crippen LogP contribution is 2.38. The highest BCUT2D eigenvalue weighted by Gasteiger charge is 2.40. The number of thiazole rings is 1. The second kappa shape index (κ2) is 11.7. The lowest BCUT2D eigenvalue weighted by Crippen LogP contribution is -2.28. The number of carbonyl (C=O) groups is 1. The Kier molecular flexibility index (Phi) is 8.43. The minimum absolute atomic E-state index is 0.114. The molecule has 2 atom stereocenters. The summed E-state index contributed by atoms with van der Waals surface area (Å²) in [5.74, 6) is -0.253. The van der Waals surface area contributed by atoms with Crippen LogP contribution in [0.4, 0.5) is 13.2 Å². The molecule has 0 aliphatic carbocycles. The van der Waals surface area contributed by atoms with Crippen molar-refractivity contribution >= 4 is 17.2 Å². The minimum atomic E-state index is -4.79. The molecule has 0 fully saturated rings. The monoisotopic (exact) mass is 540 g/mol. The SMILES string of the molecule is CCNC(c1ccncc1)c1cccc(-c2nc(C(F)(F)F)c(C(=O)NC(C)c3cccc(OC)c3)s2)c1. The Hall–Kier alpha value is -3.76. The standard InChI is InChI=1S/C28H27F3N4O2S/c1-4-33-23(18-11-13-32-14-12-18)20-8-5-9-21(15-20)27-35-25(28(29,30)31)24(38-27)26(36)34-17(2)19-7-6-10-22(16-19)37-3/h5-17,23,33H,4H2,1-3H3,(H,34,36). The predicted octanol–water partition coefficient (Wildman–Crippen LogP) is 6.42. The van der Waals surface area contributed by atoms with Crippen LogP contribution in [0.25, 0.3) is 10.6 Å². The Morgan fingerprint density at radius 1 is 1.03 bits per heavy atom. The molecule has 1 amide bonds. The van der Waals surface area contributed by atoms with Gasteiger partial charge in [-0.25, -0.2) is 4.98 Å². The molecule has 2 aromatic heterocycles. The third-order valence-electron chi connectivity index (χ3n) is 5.96. The molecule has 2 aromatic carbocycles. The second-order valence-corrected chi connectivity index (χ2v) is 9.56. The number of ether oxygens (including phenoxy) is 1. The molecule has 4 aromatic rings. The number of aromatic nitrogens is 2. The van der Waals surface area contributed by atoms with Gasteiger partial charge < -0.3 is 15.4 Å². The number of nitrogens with one attached hydrogen (secondary N) is 2. The van der Waals surface area contributed by atoms with E-state index in [4.69, 9.17) is 4.74 Å². The van der Waals surface area contributed by atoms with E-state index < -0.39 is 28.7 Å². The molecule has 0 spiro atoms. The van der Waals surface area contributed by atoms with Crippen LogP contribution in [0.5, 0.6) is 5.75 Å². The van der Waals surface area contributed by atoms with E-state index in [1.165, 1.54) is 7.11 Å². The fourth-order valence-electron chi connectivity index (χ4n) is 4.09. The van der Waals surface area contributed by atoms with Crippen LogP contribution in [0.15, 0.2) is 73.1 Å². The summed E-state index contributed by atoms with van der Waals surface area (Å²) in [7, 11) is 1.52. The molecule has 198 valence electrons. The molecule has 6 nitrogen and oxygen atoms in total. The minimum Gasteiger partial charge on any atom is -0.497 e. The van der Waals surface area contributed by atoms with Gasteiger partial charge in [-0.15, -0.1) is 11.3 Å². The highest BCUT2D eigenvalue weighted by molar-refractivity contribution is 7.17. The van der Waals surface area contributed by atoms with Crippen LogP contribution in [0.2, 0.25) is 0 Å². The van der Waals surface area contributed by atoms with Gasteiger partial charge in [0.15, 0.2) is 5.69 Å². The van der Waals surface area contributed by atoms with Crippen molar-refractivity contribution in [2.75, 3.05) is 13.7 Å². The highest BCUT2D eigenvalue weighted by atomic mass is 32.1. The van der Waals surface area contributed by atoms with Crippen molar-refractivity contribution in [1.29, 1.82) is 0 Å². The van der Waals surface area contributed by atoms with Crippen molar-refractivity contribution in [2.24, 2.45) is 0 Å². The largest absolute Gasteiger partial charge is 0.497 e. The van der Waals surface area contributed by atoms with Gasteiger partial charge in [-0.2, -0.15) is 13.2 Å². The number of hydrogen-bond donors (Lipinski definition) is 2. The van der Waals surface area contributed by atoms with Crippen molar-refractivity contribution < 1.29 is 22.7 Å². The van der Waals surface area contributed by atoms with Crippen molar-refractivity contribution in [3.8, 4) is 16.3 Å². The van der Waals surface area contributed by atoms with E-state index >= 15 is 0 Å². The first-order chi connectivity index (χ1) is 18.2. The van der Waals surface area contributed by atoms with E-state index in [-0.39, 0.29) is 11.0 Å². The maximum Gasteiger partial charge on any atom is 0.435 e. The topological polar surface area (TPSA) is 76.1 Å². The Labute approximate surface area is 222 Å². The lowest BCUT2D eigenvalue weighted by molar-refractivity contribution is -0.141. The molecule has 4 rings (SSSR count). The molecular weight excluding hydrogens is 513 g/mol. The zero-order valence-electron chi connectivity index (χ0n) is 21.0. The number of benzene rings is 2. The first-order valence-electron chi connectivity index (χ1n) is 12.0. The Morgan fingerprint density at radius 3 is 2.42 bits per heavy atom. The molecule has 2 unspecified atom stereocenters. The third kappa shape index (κ3) is 6.20. The van der Waals surface area contributed by atoms with Crippen molar-refractivity contribution in [3.63, 3.8) is 0 Å². The van der Waals surface area contributed by atoms with Crippen LogP contribution in [0.1, 0.15) is 58.0 Å². The van der Waals surface area contributed by atoms with Crippen LogP contribution >= 0.6 is 11.3 Å². The quantitative estimate of drug-likeness (QED) is 0.256. The Bertz CT molecular complexity index is 1390. The van der Waals surface area contributed by atoms with Crippen molar-refractivity contribution in [2.45, 2.75) is 32.1 Å². The van der Waals surface area contributed by atoms with E-state index in [0.29, 0.717) is 23.4 Å². The number of alkyl halides is 3. The van der Waals surface area contributed by atoms with Gasteiger partial charge in [0.2, 0.25) is 0 Å². The van der Waals surface area contributed by atoms with Crippen LogP contribution in [-0.4, -0.2) is 29.5 Å². The number of carbonyl (C=O) groups excluding carboxylic acids is 1. The van der Waals surface area contributed by atoms with E-state index in [1.54, 1.807) is 61.8 Å². The maximum absolute atomic E-state index is 14.0. The number of pyridine rings is 1. The number of methoxy groups -OCH3 is 1. The van der Waals surface area contributed by atoms with E-state index in [2.05, 4.69) is 20.6 Å². The zero-order chi connectivity index (χ0) is 27.3. The third-order valence-corrected chi connectivity index (χ3v) is 7.06. The summed E-state index contributed by atoms with van der Waals surface area (Å²) in [6.45, 7) is 4.36. The average Bonchev–Trinajstić information content (AvgIpc) is 3.39. The van der Waals surface area contributed by atoms with Gasteiger partial charge in [0.05, 0.1) is 19.2 Å². The van der Waals surface area contributed by atoms with Gasteiger partial charge in [-0.3, -0.25) is 9.78 Å². The maximum atomic E-state index is 14.0. The molecule has 2 heterocycles. The molecule has 0 saturated heterocycles. The van der Waals surface area contributed by atoms with Crippen LogP contribution < -0.4 is 15.4 Å². The molecule has 0 aliphatic heterocycles. The zero-order valence-corrected chi connectivity index (χ0v) is 21.9. The number of amides is 1. The van der Waals surface area contributed by atoms with Gasteiger partial charge in [0.25, 0.3) is 5.91 Å². The smallest absolute Gasteiger partial charge is 0.435 e. The van der Waals surface area contributed by atoms with Gasteiger partial charge >= 0.3 is 6.18 Å². The molecule has 0 aliphatic rings. The van der Waals surface area contributed by atoms with Gasteiger partial charge in [-0.05, 0) is 60.5 Å². The summed E-state index contributed by atoms with van der Waals surface area (Å²) >= 11 is 0.724. The number of hydrogen-bond acceptors (Lipinski definition) is 6. The molecule has 2 N–H and O–H groups in total. The first kappa shape index (κ1) is 27.3. The van der Waals surface area contributed by atoms with Gasteiger partial charge in [0, 0.05) is 18.0 Å². The average molecular weight is 541 g/mol. The summed E-state index contributed by atoms with van der Waals surface area (Å²) in [5, 5.41) is 6.18. The number of nitrogens with zero attached hydrogens (tertiary/aromatic N) is 2. The molecule has 0 saturated carbocycles. The Balaban J connectivity index is 1.67. The predicted molar refractivity (Wildman–Crippen MR) is 141 cm³/mol. The first-order valence-corrected chi connectivity index (χ1v) is 12.8. The van der Waals surface area contributed by atoms with Crippen molar-refractivity contribution in [1.82, 2.24) is 20.6 Å². The van der Waals surface area contributed by atoms with Gasteiger partial charge in [0.1, 0.15) is 15.6 Å². The molecule has 10 heteroatoms. The lowest BCUT2D eigenvalue weighted by Gasteiger charge is -2.19. The fourth-order valence-corrected chi connectivity index (χ4v) is 5.07. The molecule has 38 heavy (non-hydrogen) atoms. The normalized spacial score (nSPS) is 13.1. The number of rotatable bonds is 9. The van der Waals surface area contributed by atoms with E-state index in [1.807, 2.05) is 25.1 Å². The summed E-state index contributed by atoms with van der Waals surface area (Å²) in [4.78, 5) is 20.5. The molecule has 0 bridgehead atoms. The van der Waals surface area contributed by atoms with Crippen LogP contribution in [0, 0.1) is 0 Å². The van der Waals surface area contributed by atoms with E-state index in [0.717, 1.165) is 22.5 Å². The second-order valence-electron chi connectivity index (χ2n) is 8.56. The summed E-state index contributed by atoms with van der Waals surface area (Å²) in [6.07, 6.45) is -1.41. The Morgan fingerprint density at radius 2 is 1.74 bits per heavy atom. The van der Waals surface area contributed by atoms with Crippen LogP contribution in [-0.2, 0) is 6.18 Å². The summed E-state index contributed by atoms with van der Waals surface area (Å²) in [5.41, 5.74) is 1.83. The molecular formula is C28H27F3N4O2S. The van der Waals surface area contributed by atoms with E-state index in [9.17, 15) is 18.0 Å². The van der Waals surface area contributed by atoms with Crippen LogP contribution in [0.3, 0.4) is 0 Å². The fraction of sp³-hybridized carbons (Fsp3) is 0.250. The lowest BCUT2D eigenvalue weighted by atomic mass is 9.98. The number of halogens is 3.